The van der Waals surface area contributed by atoms with Gasteiger partial charge in [0.05, 0.1) is 19.0 Å². The molecule has 4 aromatic rings. The second kappa shape index (κ2) is 5.27. The Morgan fingerprint density at radius 2 is 1.82 bits per heavy atom. The molecule has 0 saturated heterocycles. The summed E-state index contributed by atoms with van der Waals surface area (Å²) in [7, 11) is 1.68. The molecule has 0 aliphatic carbocycles. The van der Waals surface area contributed by atoms with Crippen LogP contribution in [0.25, 0.3) is 27.3 Å². The standard InChI is InChI=1S/C17H13N3OS/c1-21-15-4-2-3-14(9-15)12-5-7-13(8-6-12)16-10-18-17-20(16)19-11-22-17/h2-11H,1H3. The van der Waals surface area contributed by atoms with Gasteiger partial charge in [0.2, 0.25) is 4.96 Å². The third-order valence-corrected chi connectivity index (χ3v) is 4.30. The van der Waals surface area contributed by atoms with Crippen LogP contribution in [0.5, 0.6) is 5.75 Å². The lowest BCUT2D eigenvalue weighted by Gasteiger charge is -2.06. The summed E-state index contributed by atoms with van der Waals surface area (Å²) in [6, 6.07) is 16.5. The van der Waals surface area contributed by atoms with E-state index in [-0.39, 0.29) is 0 Å². The first-order valence-corrected chi connectivity index (χ1v) is 7.75. The summed E-state index contributed by atoms with van der Waals surface area (Å²) in [5.74, 6) is 0.863. The van der Waals surface area contributed by atoms with Crippen LogP contribution in [0, 0.1) is 0 Å². The number of ether oxygens (including phenoxy) is 1. The molecule has 4 rings (SSSR count). The number of methoxy groups -OCH3 is 1. The van der Waals surface area contributed by atoms with E-state index >= 15 is 0 Å². The number of hydrogen-bond acceptors (Lipinski definition) is 4. The second-order valence-corrected chi connectivity index (χ2v) is 5.70. The molecule has 5 heteroatoms. The van der Waals surface area contributed by atoms with Crippen molar-refractivity contribution in [1.29, 1.82) is 0 Å². The minimum atomic E-state index is 0.863. The number of hydrogen-bond donors (Lipinski definition) is 0. The summed E-state index contributed by atoms with van der Waals surface area (Å²) >= 11 is 1.53. The van der Waals surface area contributed by atoms with E-state index in [4.69, 9.17) is 4.74 Å². The van der Waals surface area contributed by atoms with E-state index in [0.717, 1.165) is 33.1 Å². The van der Waals surface area contributed by atoms with Crippen LogP contribution in [0.3, 0.4) is 0 Å². The Hall–Kier alpha value is -2.66. The lowest BCUT2D eigenvalue weighted by molar-refractivity contribution is 0.415. The molecule has 22 heavy (non-hydrogen) atoms. The smallest absolute Gasteiger partial charge is 0.212 e. The number of aromatic nitrogens is 3. The van der Waals surface area contributed by atoms with Crippen molar-refractivity contribution < 1.29 is 4.74 Å². The van der Waals surface area contributed by atoms with Gasteiger partial charge in [-0.05, 0) is 23.3 Å². The van der Waals surface area contributed by atoms with Crippen molar-refractivity contribution >= 4 is 16.3 Å². The molecule has 2 heterocycles. The van der Waals surface area contributed by atoms with E-state index in [2.05, 4.69) is 40.4 Å². The Morgan fingerprint density at radius 1 is 1.00 bits per heavy atom. The van der Waals surface area contributed by atoms with Crippen molar-refractivity contribution in [3.05, 3.63) is 60.2 Å². The van der Waals surface area contributed by atoms with Gasteiger partial charge < -0.3 is 4.74 Å². The number of fused-ring (bicyclic) bond motifs is 1. The average Bonchev–Trinajstić information content (AvgIpc) is 3.18. The zero-order valence-corrected chi connectivity index (χ0v) is 12.7. The Morgan fingerprint density at radius 3 is 2.64 bits per heavy atom. The van der Waals surface area contributed by atoms with Crippen LogP contribution in [0.4, 0.5) is 0 Å². The van der Waals surface area contributed by atoms with Gasteiger partial charge in [0.25, 0.3) is 0 Å². The zero-order valence-electron chi connectivity index (χ0n) is 11.9. The van der Waals surface area contributed by atoms with Crippen LogP contribution in [0.2, 0.25) is 0 Å². The van der Waals surface area contributed by atoms with Crippen LogP contribution in [-0.2, 0) is 0 Å². The van der Waals surface area contributed by atoms with E-state index in [1.807, 2.05) is 28.9 Å². The maximum absolute atomic E-state index is 5.28. The largest absolute Gasteiger partial charge is 0.497 e. The Kier molecular flexibility index (Phi) is 3.12. The lowest BCUT2D eigenvalue weighted by Crippen LogP contribution is -1.88. The quantitative estimate of drug-likeness (QED) is 0.571. The Balaban J connectivity index is 1.72. The molecule has 0 fully saturated rings. The summed E-state index contributed by atoms with van der Waals surface area (Å²) in [6.45, 7) is 0. The maximum Gasteiger partial charge on any atom is 0.212 e. The van der Waals surface area contributed by atoms with Crippen molar-refractivity contribution in [1.82, 2.24) is 14.6 Å². The summed E-state index contributed by atoms with van der Waals surface area (Å²) in [5, 5.41) is 4.31. The molecule has 0 aliphatic heterocycles. The molecule has 0 N–H and O–H groups in total. The van der Waals surface area contributed by atoms with Crippen molar-refractivity contribution in [3.63, 3.8) is 0 Å². The van der Waals surface area contributed by atoms with Gasteiger partial charge in [-0.2, -0.15) is 5.10 Å². The maximum atomic E-state index is 5.28. The van der Waals surface area contributed by atoms with E-state index in [0.29, 0.717) is 0 Å². The fourth-order valence-electron chi connectivity index (χ4n) is 2.47. The van der Waals surface area contributed by atoms with Crippen LogP contribution >= 0.6 is 11.3 Å². The highest BCUT2D eigenvalue weighted by molar-refractivity contribution is 7.14. The predicted molar refractivity (Wildman–Crippen MR) is 88.3 cm³/mol. The van der Waals surface area contributed by atoms with E-state index in [9.17, 15) is 0 Å². The lowest BCUT2D eigenvalue weighted by atomic mass is 10.0. The molecule has 0 bridgehead atoms. The summed E-state index contributed by atoms with van der Waals surface area (Å²) < 4.78 is 7.15. The van der Waals surface area contributed by atoms with Gasteiger partial charge in [-0.3, -0.25) is 0 Å². The minimum absolute atomic E-state index is 0.863. The van der Waals surface area contributed by atoms with Gasteiger partial charge in [-0.1, -0.05) is 47.7 Å². The van der Waals surface area contributed by atoms with Gasteiger partial charge in [-0.15, -0.1) is 0 Å². The summed E-state index contributed by atoms with van der Waals surface area (Å²) in [5.41, 5.74) is 6.20. The molecule has 0 amide bonds. The first-order valence-electron chi connectivity index (χ1n) is 6.87. The number of rotatable bonds is 3. The van der Waals surface area contributed by atoms with Crippen LogP contribution in [-0.4, -0.2) is 21.7 Å². The van der Waals surface area contributed by atoms with Crippen molar-refractivity contribution in [2.45, 2.75) is 0 Å². The van der Waals surface area contributed by atoms with Gasteiger partial charge >= 0.3 is 0 Å². The topological polar surface area (TPSA) is 39.4 Å². The Bertz CT molecular complexity index is 924. The molecule has 0 spiro atoms. The number of imidazole rings is 1. The first kappa shape index (κ1) is 13.0. The van der Waals surface area contributed by atoms with Crippen molar-refractivity contribution in [3.8, 4) is 28.1 Å². The van der Waals surface area contributed by atoms with Gasteiger partial charge in [0.1, 0.15) is 11.3 Å². The molecular formula is C17H13N3OS. The molecule has 0 radical (unpaired) electrons. The van der Waals surface area contributed by atoms with Crippen LogP contribution < -0.4 is 4.74 Å². The van der Waals surface area contributed by atoms with Crippen LogP contribution in [0.1, 0.15) is 0 Å². The average molecular weight is 307 g/mol. The van der Waals surface area contributed by atoms with E-state index in [1.54, 1.807) is 12.6 Å². The van der Waals surface area contributed by atoms with Crippen molar-refractivity contribution in [2.24, 2.45) is 0 Å². The summed E-state index contributed by atoms with van der Waals surface area (Å²) in [4.78, 5) is 5.27. The van der Waals surface area contributed by atoms with E-state index < -0.39 is 0 Å². The highest BCUT2D eigenvalue weighted by atomic mass is 32.1. The third-order valence-electron chi connectivity index (χ3n) is 3.61. The van der Waals surface area contributed by atoms with Gasteiger partial charge in [0, 0.05) is 5.56 Å². The normalized spacial score (nSPS) is 11.0. The Labute approximate surface area is 131 Å². The van der Waals surface area contributed by atoms with Crippen molar-refractivity contribution in [2.75, 3.05) is 7.11 Å². The molecule has 4 nitrogen and oxygen atoms in total. The molecule has 2 aromatic heterocycles. The fourth-order valence-corrected chi connectivity index (χ4v) is 3.07. The summed E-state index contributed by atoms with van der Waals surface area (Å²) in [6.07, 6.45) is 1.86. The number of nitrogens with zero attached hydrogens (tertiary/aromatic N) is 3. The highest BCUT2D eigenvalue weighted by Gasteiger charge is 2.08. The molecular weight excluding hydrogens is 294 g/mol. The monoisotopic (exact) mass is 307 g/mol. The second-order valence-electron chi connectivity index (χ2n) is 4.89. The fraction of sp³-hybridized carbons (Fsp3) is 0.0588. The third kappa shape index (κ3) is 2.16. The molecule has 108 valence electrons. The van der Waals surface area contributed by atoms with Crippen LogP contribution in [0.15, 0.2) is 60.2 Å². The first-order chi connectivity index (χ1) is 10.8. The molecule has 0 aliphatic rings. The molecule has 2 aromatic carbocycles. The zero-order chi connectivity index (χ0) is 14.9. The van der Waals surface area contributed by atoms with Gasteiger partial charge in [-0.25, -0.2) is 9.50 Å². The number of benzene rings is 2. The van der Waals surface area contributed by atoms with E-state index in [1.165, 1.54) is 11.3 Å². The SMILES string of the molecule is COc1cccc(-c2ccc(-c3cnc4scnn34)cc2)c1. The van der Waals surface area contributed by atoms with Gasteiger partial charge in [0.15, 0.2) is 0 Å². The molecule has 0 unspecified atom stereocenters. The molecule has 0 saturated carbocycles. The highest BCUT2D eigenvalue weighted by Crippen LogP contribution is 2.27. The minimum Gasteiger partial charge on any atom is -0.497 e. The molecule has 0 atom stereocenters. The predicted octanol–water partition coefficient (Wildman–Crippen LogP) is 4.13.